The van der Waals surface area contributed by atoms with Gasteiger partial charge in [-0.05, 0) is 19.9 Å². The van der Waals surface area contributed by atoms with Gasteiger partial charge in [0.1, 0.15) is 5.75 Å². The summed E-state index contributed by atoms with van der Waals surface area (Å²) in [5.74, 6) is 0.722. The number of aliphatic hydroxyl groups excluding tert-OH is 1. The number of ether oxygens (including phenoxy) is 2. The van der Waals surface area contributed by atoms with Crippen LogP contribution in [0.3, 0.4) is 0 Å². The van der Waals surface area contributed by atoms with Crippen LogP contribution in [0.4, 0.5) is 0 Å². The number of rotatable bonds is 6. The van der Waals surface area contributed by atoms with Crippen molar-refractivity contribution in [3.05, 3.63) is 29.8 Å². The molecule has 3 nitrogen and oxygen atoms in total. The van der Waals surface area contributed by atoms with Crippen molar-refractivity contribution in [2.24, 2.45) is 0 Å². The quantitative estimate of drug-likeness (QED) is 0.807. The Bertz CT molecular complexity index is 310. The molecule has 0 amide bonds. The van der Waals surface area contributed by atoms with Crippen molar-refractivity contribution in [3.63, 3.8) is 0 Å². The van der Waals surface area contributed by atoms with Gasteiger partial charge >= 0.3 is 0 Å². The molecule has 1 atom stereocenters. The fourth-order valence-corrected chi connectivity index (χ4v) is 1.51. The Balaban J connectivity index is 2.55. The molecule has 3 heteroatoms. The fourth-order valence-electron chi connectivity index (χ4n) is 1.51. The maximum Gasteiger partial charge on any atom is 0.124 e. The van der Waals surface area contributed by atoms with Crippen LogP contribution in [-0.4, -0.2) is 24.9 Å². The first kappa shape index (κ1) is 13.0. The summed E-state index contributed by atoms with van der Waals surface area (Å²) in [5.41, 5.74) is 0.817. The van der Waals surface area contributed by atoms with E-state index in [9.17, 15) is 5.11 Å². The van der Waals surface area contributed by atoms with Crippen molar-refractivity contribution in [1.29, 1.82) is 0 Å². The van der Waals surface area contributed by atoms with Crippen LogP contribution in [0.2, 0.25) is 0 Å². The van der Waals surface area contributed by atoms with E-state index in [0.717, 1.165) is 11.3 Å². The van der Waals surface area contributed by atoms with Crippen LogP contribution in [0.15, 0.2) is 24.3 Å². The van der Waals surface area contributed by atoms with E-state index in [0.29, 0.717) is 13.0 Å². The monoisotopic (exact) mass is 224 g/mol. The lowest BCUT2D eigenvalue weighted by molar-refractivity contribution is 0.0460. The van der Waals surface area contributed by atoms with Gasteiger partial charge in [0.05, 0.1) is 19.3 Å². The van der Waals surface area contributed by atoms with E-state index in [4.69, 9.17) is 9.47 Å². The SMILES string of the molecule is COc1ccccc1C(O)CCOC(C)C. The van der Waals surface area contributed by atoms with Gasteiger partial charge in [-0.1, -0.05) is 18.2 Å². The van der Waals surface area contributed by atoms with E-state index in [1.54, 1.807) is 7.11 Å². The maximum atomic E-state index is 9.99. The number of benzene rings is 1. The highest BCUT2D eigenvalue weighted by Gasteiger charge is 2.12. The van der Waals surface area contributed by atoms with E-state index < -0.39 is 6.10 Å². The van der Waals surface area contributed by atoms with Crippen molar-refractivity contribution in [2.45, 2.75) is 32.5 Å². The first-order chi connectivity index (χ1) is 7.65. The fraction of sp³-hybridized carbons (Fsp3) is 0.538. The lowest BCUT2D eigenvalue weighted by atomic mass is 10.1. The minimum absolute atomic E-state index is 0.199. The smallest absolute Gasteiger partial charge is 0.124 e. The van der Waals surface area contributed by atoms with Gasteiger partial charge in [0, 0.05) is 18.6 Å². The zero-order chi connectivity index (χ0) is 12.0. The third-order valence-electron chi connectivity index (χ3n) is 2.34. The van der Waals surface area contributed by atoms with Gasteiger partial charge in [0.2, 0.25) is 0 Å². The van der Waals surface area contributed by atoms with Crippen molar-refractivity contribution in [1.82, 2.24) is 0 Å². The van der Waals surface area contributed by atoms with Gasteiger partial charge in [-0.3, -0.25) is 0 Å². The molecule has 90 valence electrons. The number of methoxy groups -OCH3 is 1. The van der Waals surface area contributed by atoms with Crippen LogP contribution in [0.25, 0.3) is 0 Å². The van der Waals surface area contributed by atoms with Crippen LogP contribution in [0.1, 0.15) is 31.9 Å². The Labute approximate surface area is 97.0 Å². The van der Waals surface area contributed by atoms with Crippen molar-refractivity contribution in [2.75, 3.05) is 13.7 Å². The Hall–Kier alpha value is -1.06. The van der Waals surface area contributed by atoms with E-state index >= 15 is 0 Å². The zero-order valence-electron chi connectivity index (χ0n) is 10.1. The van der Waals surface area contributed by atoms with E-state index in [1.165, 1.54) is 0 Å². The summed E-state index contributed by atoms with van der Waals surface area (Å²) in [6.45, 7) is 4.52. The molecule has 0 spiro atoms. The number of aliphatic hydroxyl groups is 1. The third kappa shape index (κ3) is 3.83. The molecule has 1 aromatic rings. The lowest BCUT2D eigenvalue weighted by Gasteiger charge is -2.15. The Morgan fingerprint density at radius 2 is 1.94 bits per heavy atom. The zero-order valence-corrected chi connectivity index (χ0v) is 10.1. The summed E-state index contributed by atoms with van der Waals surface area (Å²) in [6, 6.07) is 7.50. The second-order valence-corrected chi connectivity index (χ2v) is 3.97. The summed E-state index contributed by atoms with van der Waals surface area (Å²) in [6.07, 6.45) is 0.248. The molecule has 0 aromatic heterocycles. The number of hydrogen-bond acceptors (Lipinski definition) is 3. The number of hydrogen-bond donors (Lipinski definition) is 1. The summed E-state index contributed by atoms with van der Waals surface area (Å²) >= 11 is 0. The van der Waals surface area contributed by atoms with E-state index in [1.807, 2.05) is 38.1 Å². The van der Waals surface area contributed by atoms with Crippen molar-refractivity contribution < 1.29 is 14.6 Å². The summed E-state index contributed by atoms with van der Waals surface area (Å²) in [4.78, 5) is 0. The topological polar surface area (TPSA) is 38.7 Å². The van der Waals surface area contributed by atoms with Crippen LogP contribution in [0, 0.1) is 0 Å². The van der Waals surface area contributed by atoms with Crippen molar-refractivity contribution in [3.8, 4) is 5.75 Å². The average molecular weight is 224 g/mol. The van der Waals surface area contributed by atoms with E-state index in [-0.39, 0.29) is 6.10 Å². The molecular weight excluding hydrogens is 204 g/mol. The maximum absolute atomic E-state index is 9.99. The summed E-state index contributed by atoms with van der Waals surface area (Å²) in [7, 11) is 1.61. The van der Waals surface area contributed by atoms with Gasteiger partial charge in [0.25, 0.3) is 0 Å². The molecule has 0 aliphatic carbocycles. The minimum Gasteiger partial charge on any atom is -0.496 e. The van der Waals surface area contributed by atoms with E-state index in [2.05, 4.69) is 0 Å². The molecular formula is C13H20O3. The molecule has 0 bridgehead atoms. The highest BCUT2D eigenvalue weighted by molar-refractivity contribution is 5.34. The molecule has 1 rings (SSSR count). The van der Waals surface area contributed by atoms with Crippen LogP contribution in [-0.2, 0) is 4.74 Å². The molecule has 1 unspecified atom stereocenters. The predicted molar refractivity (Wildman–Crippen MR) is 63.7 cm³/mol. The standard InChI is InChI=1S/C13H20O3/c1-10(2)16-9-8-12(14)11-6-4-5-7-13(11)15-3/h4-7,10,12,14H,8-9H2,1-3H3. The molecule has 0 saturated heterocycles. The molecule has 0 saturated carbocycles. The molecule has 0 aliphatic rings. The lowest BCUT2D eigenvalue weighted by Crippen LogP contribution is -2.08. The first-order valence-corrected chi connectivity index (χ1v) is 5.57. The third-order valence-corrected chi connectivity index (χ3v) is 2.34. The molecule has 16 heavy (non-hydrogen) atoms. The largest absolute Gasteiger partial charge is 0.496 e. The van der Waals surface area contributed by atoms with Crippen LogP contribution < -0.4 is 4.74 Å². The summed E-state index contributed by atoms with van der Waals surface area (Å²) < 4.78 is 10.6. The molecule has 0 heterocycles. The van der Waals surface area contributed by atoms with Crippen LogP contribution in [0.5, 0.6) is 5.75 Å². The average Bonchev–Trinajstić information content (AvgIpc) is 2.28. The van der Waals surface area contributed by atoms with Crippen LogP contribution >= 0.6 is 0 Å². The first-order valence-electron chi connectivity index (χ1n) is 5.57. The molecule has 1 N–H and O–H groups in total. The minimum atomic E-state index is -0.533. The van der Waals surface area contributed by atoms with Gasteiger partial charge in [-0.2, -0.15) is 0 Å². The molecule has 0 radical (unpaired) electrons. The highest BCUT2D eigenvalue weighted by Crippen LogP contribution is 2.26. The molecule has 1 aromatic carbocycles. The van der Waals surface area contributed by atoms with Gasteiger partial charge in [-0.15, -0.1) is 0 Å². The second-order valence-electron chi connectivity index (χ2n) is 3.97. The normalized spacial score (nSPS) is 12.8. The van der Waals surface area contributed by atoms with Gasteiger partial charge in [0.15, 0.2) is 0 Å². The second kappa shape index (κ2) is 6.51. The Morgan fingerprint density at radius 1 is 1.25 bits per heavy atom. The molecule has 0 aliphatic heterocycles. The highest BCUT2D eigenvalue weighted by atomic mass is 16.5. The van der Waals surface area contributed by atoms with Gasteiger partial charge < -0.3 is 14.6 Å². The molecule has 0 fully saturated rings. The summed E-state index contributed by atoms with van der Waals surface area (Å²) in [5, 5.41) is 9.99. The Morgan fingerprint density at radius 3 is 2.56 bits per heavy atom. The Kier molecular flexibility index (Phi) is 5.29. The number of para-hydroxylation sites is 1. The predicted octanol–water partition coefficient (Wildman–Crippen LogP) is 2.54. The van der Waals surface area contributed by atoms with Crippen molar-refractivity contribution >= 4 is 0 Å². The van der Waals surface area contributed by atoms with Gasteiger partial charge in [-0.25, -0.2) is 0 Å².